The van der Waals surface area contributed by atoms with Crippen LogP contribution in [0.2, 0.25) is 10.2 Å². The molecule has 0 spiro atoms. The lowest BCUT2D eigenvalue weighted by Gasteiger charge is -2.37. The van der Waals surface area contributed by atoms with E-state index in [9.17, 15) is 14.9 Å². The molecule has 1 amide bonds. The molecule has 0 bridgehead atoms. The molecule has 3 heterocycles. The van der Waals surface area contributed by atoms with Gasteiger partial charge in [0.15, 0.2) is 5.16 Å². The number of carbonyl (C=O) groups is 1. The van der Waals surface area contributed by atoms with Crippen LogP contribution in [0.3, 0.4) is 0 Å². The average Bonchev–Trinajstić information content (AvgIpc) is 3.07. The molecule has 6 rings (SSSR count). The number of benzene rings is 3. The van der Waals surface area contributed by atoms with Crippen molar-refractivity contribution in [1.82, 2.24) is 14.9 Å². The number of thioether (sulfide) groups is 1. The number of nitrogens with zero attached hydrogens (tertiary/aromatic N) is 7. The molecule has 0 radical (unpaired) electrons. The van der Waals surface area contributed by atoms with Crippen LogP contribution >= 0.6 is 35.0 Å². The average molecular weight is 665 g/mol. The van der Waals surface area contributed by atoms with Crippen LogP contribution in [0.25, 0.3) is 0 Å². The molecule has 2 saturated heterocycles. The summed E-state index contributed by atoms with van der Waals surface area (Å²) in [4.78, 5) is 41.6. The van der Waals surface area contributed by atoms with Crippen molar-refractivity contribution in [3.63, 3.8) is 0 Å². The number of halogens is 2. The van der Waals surface area contributed by atoms with Crippen LogP contribution in [0.4, 0.5) is 22.9 Å². The Morgan fingerprint density at radius 3 is 2.20 bits per heavy atom. The zero-order chi connectivity index (χ0) is 31.3. The highest BCUT2D eigenvalue weighted by Gasteiger charge is 2.24. The number of rotatable bonds is 8. The van der Waals surface area contributed by atoms with E-state index in [0.29, 0.717) is 47.8 Å². The van der Waals surface area contributed by atoms with E-state index in [4.69, 9.17) is 28.2 Å². The highest BCUT2D eigenvalue weighted by molar-refractivity contribution is 7.98. The highest BCUT2D eigenvalue weighted by atomic mass is 35.5. The number of anilines is 3. The number of hydrogen-bond acceptors (Lipinski definition) is 9. The summed E-state index contributed by atoms with van der Waals surface area (Å²) in [6.07, 6.45) is 0. The molecule has 2 aliphatic heterocycles. The Bertz CT molecular complexity index is 1680. The Balaban J connectivity index is 1.03. The van der Waals surface area contributed by atoms with Crippen molar-refractivity contribution in [3.8, 4) is 0 Å². The summed E-state index contributed by atoms with van der Waals surface area (Å²) in [5.74, 6) is 1.38. The van der Waals surface area contributed by atoms with Crippen molar-refractivity contribution in [2.75, 3.05) is 67.1 Å². The monoisotopic (exact) mass is 663 g/mol. The van der Waals surface area contributed by atoms with Gasteiger partial charge in [0.1, 0.15) is 11.0 Å². The van der Waals surface area contributed by atoms with Crippen molar-refractivity contribution in [2.24, 2.45) is 0 Å². The van der Waals surface area contributed by atoms with Gasteiger partial charge in [-0.25, -0.2) is 9.97 Å². The third kappa shape index (κ3) is 7.43. The number of nitro benzene ring substituents is 1. The van der Waals surface area contributed by atoms with Gasteiger partial charge in [0, 0.05) is 87.6 Å². The molecule has 0 N–H and O–H groups in total. The summed E-state index contributed by atoms with van der Waals surface area (Å²) >= 11 is 14.3. The maximum atomic E-state index is 13.4. The molecule has 45 heavy (non-hydrogen) atoms. The normalized spacial score (nSPS) is 15.3. The minimum absolute atomic E-state index is 0.0116. The lowest BCUT2D eigenvalue weighted by molar-refractivity contribution is -0.384. The quantitative estimate of drug-likeness (QED) is 0.0710. The number of aromatic nitrogens is 2. The molecular weight excluding hydrogens is 633 g/mol. The molecule has 10 nitrogen and oxygen atoms in total. The summed E-state index contributed by atoms with van der Waals surface area (Å²) in [6.45, 7) is 5.66. The number of nitro groups is 1. The van der Waals surface area contributed by atoms with Gasteiger partial charge in [-0.1, -0.05) is 59.2 Å². The van der Waals surface area contributed by atoms with Crippen molar-refractivity contribution in [1.29, 1.82) is 0 Å². The molecule has 0 saturated carbocycles. The van der Waals surface area contributed by atoms with Crippen molar-refractivity contribution < 1.29 is 9.72 Å². The Kier molecular flexibility index (Phi) is 9.58. The van der Waals surface area contributed by atoms with Crippen molar-refractivity contribution >= 4 is 63.8 Å². The Hall–Kier alpha value is -4.06. The predicted molar refractivity (Wildman–Crippen MR) is 180 cm³/mol. The van der Waals surface area contributed by atoms with Crippen LogP contribution in [0.5, 0.6) is 0 Å². The molecule has 1 aromatic heterocycles. The molecule has 4 aromatic rings. The van der Waals surface area contributed by atoms with Gasteiger partial charge in [-0.05, 0) is 42.0 Å². The second-order valence-electron chi connectivity index (χ2n) is 10.8. The zero-order valence-corrected chi connectivity index (χ0v) is 26.7. The molecule has 3 aromatic carbocycles. The molecule has 13 heteroatoms. The first-order chi connectivity index (χ1) is 21.8. The first-order valence-electron chi connectivity index (χ1n) is 14.6. The van der Waals surface area contributed by atoms with Crippen LogP contribution in [0.15, 0.2) is 84.0 Å². The van der Waals surface area contributed by atoms with E-state index in [2.05, 4.69) is 19.7 Å². The van der Waals surface area contributed by atoms with E-state index < -0.39 is 4.92 Å². The van der Waals surface area contributed by atoms with Gasteiger partial charge in [0.25, 0.3) is 11.6 Å². The van der Waals surface area contributed by atoms with Crippen LogP contribution in [-0.4, -0.2) is 78.1 Å². The van der Waals surface area contributed by atoms with E-state index in [0.717, 1.165) is 54.0 Å². The summed E-state index contributed by atoms with van der Waals surface area (Å²) < 4.78 is 0. The molecule has 2 fully saturated rings. The standard InChI is InChI=1S/C32H31Cl2N7O3S/c33-27-6-1-2-7-28(27)38-14-16-39(17-15-38)30-21-29(34)35-32(36-30)45-22-23-4-3-5-24(20-23)31(42)40-18-12-37(13-19-40)25-8-10-26(11-9-25)41(43)44/h1-11,20-21H,12-19,22H2. The van der Waals surface area contributed by atoms with Gasteiger partial charge in [-0.3, -0.25) is 14.9 Å². The van der Waals surface area contributed by atoms with Crippen LogP contribution in [0, 0.1) is 10.1 Å². The first kappa shape index (κ1) is 30.9. The molecule has 0 unspecified atom stereocenters. The van der Waals surface area contributed by atoms with E-state index in [-0.39, 0.29) is 11.6 Å². The smallest absolute Gasteiger partial charge is 0.269 e. The summed E-state index contributed by atoms with van der Waals surface area (Å²) in [6, 6.07) is 23.9. The van der Waals surface area contributed by atoms with Gasteiger partial charge in [-0.15, -0.1) is 0 Å². The van der Waals surface area contributed by atoms with E-state index >= 15 is 0 Å². The fourth-order valence-corrected chi connectivity index (χ4v) is 6.85. The van der Waals surface area contributed by atoms with Gasteiger partial charge >= 0.3 is 0 Å². The third-order valence-corrected chi connectivity index (χ3v) is 9.42. The maximum absolute atomic E-state index is 13.4. The largest absolute Gasteiger partial charge is 0.368 e. The third-order valence-electron chi connectivity index (χ3n) is 7.99. The van der Waals surface area contributed by atoms with Crippen molar-refractivity contribution in [2.45, 2.75) is 10.9 Å². The van der Waals surface area contributed by atoms with Gasteiger partial charge in [0.05, 0.1) is 15.6 Å². The van der Waals surface area contributed by atoms with Gasteiger partial charge in [0.2, 0.25) is 0 Å². The Morgan fingerprint density at radius 2 is 1.49 bits per heavy atom. The Labute approximate surface area is 275 Å². The van der Waals surface area contributed by atoms with Gasteiger partial charge < -0.3 is 19.6 Å². The maximum Gasteiger partial charge on any atom is 0.269 e. The number of hydrogen-bond donors (Lipinski definition) is 0. The predicted octanol–water partition coefficient (Wildman–Crippen LogP) is 6.27. The zero-order valence-electron chi connectivity index (χ0n) is 24.4. The first-order valence-corrected chi connectivity index (χ1v) is 16.4. The van der Waals surface area contributed by atoms with E-state index in [1.54, 1.807) is 18.2 Å². The van der Waals surface area contributed by atoms with E-state index in [1.807, 2.05) is 53.4 Å². The number of carbonyl (C=O) groups excluding carboxylic acids is 1. The second kappa shape index (κ2) is 13.9. The Morgan fingerprint density at radius 1 is 0.800 bits per heavy atom. The molecule has 0 atom stereocenters. The minimum atomic E-state index is -0.404. The van der Waals surface area contributed by atoms with Crippen LogP contribution < -0.4 is 14.7 Å². The highest BCUT2D eigenvalue weighted by Crippen LogP contribution is 2.29. The SMILES string of the molecule is O=C(c1cccc(CSc2nc(Cl)cc(N3CCN(c4ccccc4Cl)CC3)n2)c1)N1CCN(c2ccc([N+](=O)[O-])cc2)CC1. The van der Waals surface area contributed by atoms with Crippen LogP contribution in [0.1, 0.15) is 15.9 Å². The lowest BCUT2D eigenvalue weighted by atomic mass is 10.1. The number of piperazine rings is 2. The summed E-state index contributed by atoms with van der Waals surface area (Å²) in [5, 5.41) is 12.7. The molecule has 232 valence electrons. The number of para-hydroxylation sites is 1. The molecule has 0 aliphatic carbocycles. The topological polar surface area (TPSA) is 99.0 Å². The summed E-state index contributed by atoms with van der Waals surface area (Å²) in [5.41, 5.74) is 3.66. The number of amides is 1. The van der Waals surface area contributed by atoms with E-state index in [1.165, 1.54) is 23.9 Å². The molecular formula is C32H31Cl2N7O3S. The molecule has 2 aliphatic rings. The van der Waals surface area contributed by atoms with Gasteiger partial charge in [-0.2, -0.15) is 0 Å². The fourth-order valence-electron chi connectivity index (χ4n) is 5.57. The summed E-state index contributed by atoms with van der Waals surface area (Å²) in [7, 11) is 0. The minimum Gasteiger partial charge on any atom is -0.368 e. The second-order valence-corrected chi connectivity index (χ2v) is 12.5. The number of non-ortho nitro benzene ring substituents is 1. The van der Waals surface area contributed by atoms with Crippen LogP contribution in [-0.2, 0) is 5.75 Å². The lowest BCUT2D eigenvalue weighted by Crippen LogP contribution is -2.48. The fraction of sp³-hybridized carbons (Fsp3) is 0.281. The van der Waals surface area contributed by atoms with Crippen molar-refractivity contribution in [3.05, 3.63) is 110 Å².